The number of hydrogen-bond donors (Lipinski definition) is 0. The van der Waals surface area contributed by atoms with Crippen LogP contribution in [0.25, 0.3) is 0 Å². The van der Waals surface area contributed by atoms with Gasteiger partial charge in [-0.3, -0.25) is 4.98 Å². The lowest BCUT2D eigenvalue weighted by molar-refractivity contribution is 0.946. The number of aryl methyl sites for hydroxylation is 1. The van der Waals surface area contributed by atoms with Gasteiger partial charge < -0.3 is 0 Å². The summed E-state index contributed by atoms with van der Waals surface area (Å²) >= 11 is 3.51. The minimum absolute atomic E-state index is 0.533. The van der Waals surface area contributed by atoms with Crippen LogP contribution in [0, 0.1) is 6.92 Å². The number of pyridine rings is 1. The highest BCUT2D eigenvalue weighted by molar-refractivity contribution is 9.09. The molecule has 0 N–H and O–H groups in total. The predicted octanol–water partition coefficient (Wildman–Crippen LogP) is 2.72. The van der Waals surface area contributed by atoms with E-state index in [1.807, 2.05) is 12.4 Å². The first-order valence-electron chi connectivity index (χ1n) is 3.73. The van der Waals surface area contributed by atoms with Gasteiger partial charge in [0, 0.05) is 17.2 Å². The Labute approximate surface area is 76.0 Å². The minimum atomic E-state index is 0.533. The van der Waals surface area contributed by atoms with Crippen LogP contribution in [0.2, 0.25) is 0 Å². The van der Waals surface area contributed by atoms with Gasteiger partial charge in [0.2, 0.25) is 0 Å². The number of alkyl halides is 1. The minimum Gasteiger partial charge on any atom is -0.264 e. The first-order valence-corrected chi connectivity index (χ1v) is 4.64. The molecule has 0 amide bonds. The number of rotatable bonds is 2. The summed E-state index contributed by atoms with van der Waals surface area (Å²) < 4.78 is 0. The zero-order valence-electron chi connectivity index (χ0n) is 6.84. The molecule has 0 saturated carbocycles. The molecule has 60 valence electrons. The van der Waals surface area contributed by atoms with Gasteiger partial charge in [-0.15, -0.1) is 0 Å². The van der Waals surface area contributed by atoms with Crippen LogP contribution in [0.1, 0.15) is 18.1 Å². The average molecular weight is 214 g/mol. The van der Waals surface area contributed by atoms with Crippen LogP contribution < -0.4 is 0 Å². The Bertz CT molecular complexity index is 233. The quantitative estimate of drug-likeness (QED) is 0.689. The summed E-state index contributed by atoms with van der Waals surface area (Å²) in [6.07, 6.45) is 4.85. The molecule has 0 saturated heterocycles. The molecule has 0 fully saturated rings. The summed E-state index contributed by atoms with van der Waals surface area (Å²) in [7, 11) is 0. The van der Waals surface area contributed by atoms with Gasteiger partial charge >= 0.3 is 0 Å². The fourth-order valence-electron chi connectivity index (χ4n) is 1.05. The monoisotopic (exact) mass is 213 g/mol. The lowest BCUT2D eigenvalue weighted by Gasteiger charge is -2.02. The molecule has 1 nitrogen and oxygen atoms in total. The van der Waals surface area contributed by atoms with E-state index >= 15 is 0 Å². The van der Waals surface area contributed by atoms with Crippen molar-refractivity contribution in [2.45, 2.75) is 25.1 Å². The van der Waals surface area contributed by atoms with Crippen molar-refractivity contribution in [3.63, 3.8) is 0 Å². The first-order chi connectivity index (χ1) is 5.18. The Morgan fingerprint density at radius 2 is 2.27 bits per heavy atom. The second-order valence-corrected chi connectivity index (χ2v) is 4.42. The van der Waals surface area contributed by atoms with Crippen LogP contribution in [0.5, 0.6) is 0 Å². The van der Waals surface area contributed by atoms with E-state index in [2.05, 4.69) is 40.8 Å². The summed E-state index contributed by atoms with van der Waals surface area (Å²) in [6, 6.07) is 2.17. The molecular formula is C9H12BrN. The zero-order valence-corrected chi connectivity index (χ0v) is 8.43. The molecule has 1 aromatic rings. The summed E-state index contributed by atoms with van der Waals surface area (Å²) in [4.78, 5) is 4.65. The molecule has 0 bridgehead atoms. The SMILES string of the molecule is Cc1cncc(CC(C)Br)c1. The van der Waals surface area contributed by atoms with E-state index in [0.29, 0.717) is 4.83 Å². The van der Waals surface area contributed by atoms with Crippen LogP contribution in [-0.4, -0.2) is 9.81 Å². The third kappa shape index (κ3) is 3.02. The van der Waals surface area contributed by atoms with Crippen molar-refractivity contribution in [3.05, 3.63) is 29.6 Å². The van der Waals surface area contributed by atoms with Gasteiger partial charge in [-0.1, -0.05) is 28.9 Å². The fourth-order valence-corrected chi connectivity index (χ4v) is 1.43. The van der Waals surface area contributed by atoms with E-state index < -0.39 is 0 Å². The molecule has 11 heavy (non-hydrogen) atoms. The van der Waals surface area contributed by atoms with Crippen molar-refractivity contribution >= 4 is 15.9 Å². The van der Waals surface area contributed by atoms with Crippen molar-refractivity contribution < 1.29 is 0 Å². The lowest BCUT2D eigenvalue weighted by atomic mass is 10.1. The molecule has 1 unspecified atom stereocenters. The maximum atomic E-state index is 4.12. The molecule has 1 aromatic heterocycles. The Kier molecular flexibility index (Phi) is 3.06. The van der Waals surface area contributed by atoms with E-state index in [1.54, 1.807) is 0 Å². The van der Waals surface area contributed by atoms with Gasteiger partial charge in [0.15, 0.2) is 0 Å². The van der Waals surface area contributed by atoms with Crippen LogP contribution in [0.15, 0.2) is 18.5 Å². The topological polar surface area (TPSA) is 12.9 Å². The van der Waals surface area contributed by atoms with Gasteiger partial charge in [-0.05, 0) is 24.5 Å². The molecule has 0 radical (unpaired) electrons. The molecule has 0 aromatic carbocycles. The molecule has 2 heteroatoms. The van der Waals surface area contributed by atoms with E-state index in [0.717, 1.165) is 6.42 Å². The average Bonchev–Trinajstić information content (AvgIpc) is 1.85. The molecule has 0 aliphatic rings. The van der Waals surface area contributed by atoms with Crippen LogP contribution >= 0.6 is 15.9 Å². The Balaban J connectivity index is 2.71. The van der Waals surface area contributed by atoms with Crippen molar-refractivity contribution in [3.8, 4) is 0 Å². The third-order valence-corrected chi connectivity index (χ3v) is 1.77. The smallest absolute Gasteiger partial charge is 0.0300 e. The van der Waals surface area contributed by atoms with Crippen molar-refractivity contribution in [1.29, 1.82) is 0 Å². The number of halogens is 1. The van der Waals surface area contributed by atoms with Gasteiger partial charge in [-0.2, -0.15) is 0 Å². The van der Waals surface area contributed by atoms with E-state index in [1.165, 1.54) is 11.1 Å². The van der Waals surface area contributed by atoms with Crippen molar-refractivity contribution in [2.24, 2.45) is 0 Å². The summed E-state index contributed by atoms with van der Waals surface area (Å²) in [5.41, 5.74) is 2.53. The molecule has 1 heterocycles. The molecule has 0 aliphatic heterocycles. The van der Waals surface area contributed by atoms with E-state index in [9.17, 15) is 0 Å². The van der Waals surface area contributed by atoms with Gasteiger partial charge in [0.05, 0.1) is 0 Å². The molecule has 1 atom stereocenters. The van der Waals surface area contributed by atoms with Gasteiger partial charge in [0.1, 0.15) is 0 Å². The third-order valence-electron chi connectivity index (χ3n) is 1.45. The van der Waals surface area contributed by atoms with E-state index in [4.69, 9.17) is 0 Å². The van der Waals surface area contributed by atoms with Crippen LogP contribution in [-0.2, 0) is 6.42 Å². The number of aromatic nitrogens is 1. The van der Waals surface area contributed by atoms with Gasteiger partial charge in [-0.25, -0.2) is 0 Å². The van der Waals surface area contributed by atoms with Crippen molar-refractivity contribution in [2.75, 3.05) is 0 Å². The Hall–Kier alpha value is -0.370. The maximum absolute atomic E-state index is 4.12. The highest BCUT2D eigenvalue weighted by Gasteiger charge is 1.98. The number of hydrogen-bond acceptors (Lipinski definition) is 1. The van der Waals surface area contributed by atoms with Gasteiger partial charge in [0.25, 0.3) is 0 Å². The Morgan fingerprint density at radius 1 is 1.55 bits per heavy atom. The summed E-state index contributed by atoms with van der Waals surface area (Å²) in [5, 5.41) is 0. The Morgan fingerprint density at radius 3 is 2.82 bits per heavy atom. The van der Waals surface area contributed by atoms with Crippen molar-refractivity contribution in [1.82, 2.24) is 4.98 Å². The van der Waals surface area contributed by atoms with Crippen LogP contribution in [0.4, 0.5) is 0 Å². The second kappa shape index (κ2) is 3.86. The van der Waals surface area contributed by atoms with E-state index in [-0.39, 0.29) is 0 Å². The largest absolute Gasteiger partial charge is 0.264 e. The molecular weight excluding hydrogens is 202 g/mol. The standard InChI is InChI=1S/C9H12BrN/c1-7-3-9(4-8(2)10)6-11-5-7/h3,5-6,8H,4H2,1-2H3. The summed E-state index contributed by atoms with van der Waals surface area (Å²) in [5.74, 6) is 0. The first kappa shape index (κ1) is 8.72. The van der Waals surface area contributed by atoms with Crippen LogP contribution in [0.3, 0.4) is 0 Å². The highest BCUT2D eigenvalue weighted by atomic mass is 79.9. The molecule has 0 spiro atoms. The number of nitrogens with zero attached hydrogens (tertiary/aromatic N) is 1. The zero-order chi connectivity index (χ0) is 8.27. The summed E-state index contributed by atoms with van der Waals surface area (Å²) in [6.45, 7) is 4.21. The second-order valence-electron chi connectivity index (χ2n) is 2.86. The highest BCUT2D eigenvalue weighted by Crippen LogP contribution is 2.09. The normalized spacial score (nSPS) is 13.0. The molecule has 1 rings (SSSR count). The maximum Gasteiger partial charge on any atom is 0.0300 e. The fraction of sp³-hybridized carbons (Fsp3) is 0.444. The predicted molar refractivity (Wildman–Crippen MR) is 51.1 cm³/mol. The lowest BCUT2D eigenvalue weighted by Crippen LogP contribution is -1.97. The molecule has 0 aliphatic carbocycles.